The van der Waals surface area contributed by atoms with E-state index in [1.54, 1.807) is 0 Å². The molecule has 6 nitrogen and oxygen atoms in total. The van der Waals surface area contributed by atoms with Gasteiger partial charge < -0.3 is 9.80 Å². The van der Waals surface area contributed by atoms with E-state index in [0.29, 0.717) is 6.04 Å². The van der Waals surface area contributed by atoms with Crippen LogP contribution < -0.4 is 4.90 Å². The van der Waals surface area contributed by atoms with Crippen LogP contribution in [0, 0.1) is 0 Å². The highest BCUT2D eigenvalue weighted by Crippen LogP contribution is 2.21. The van der Waals surface area contributed by atoms with Gasteiger partial charge in [-0.3, -0.25) is 9.80 Å². The minimum Gasteiger partial charge on any atom is -0.353 e. The van der Waals surface area contributed by atoms with Crippen molar-refractivity contribution in [1.82, 2.24) is 24.9 Å². The zero-order valence-corrected chi connectivity index (χ0v) is 18.1. The molecule has 2 saturated heterocycles. The van der Waals surface area contributed by atoms with Crippen LogP contribution in [0.1, 0.15) is 19.4 Å². The first-order valence-electron chi connectivity index (χ1n) is 10.9. The lowest BCUT2D eigenvalue weighted by Gasteiger charge is -2.37. The second kappa shape index (κ2) is 9.20. The van der Waals surface area contributed by atoms with Crippen LogP contribution in [-0.4, -0.2) is 90.3 Å². The van der Waals surface area contributed by atoms with Crippen molar-refractivity contribution in [3.8, 4) is 11.3 Å². The molecule has 4 rings (SSSR count). The first-order chi connectivity index (χ1) is 14.1. The summed E-state index contributed by atoms with van der Waals surface area (Å²) in [7, 11) is 2.20. The fourth-order valence-electron chi connectivity index (χ4n) is 4.16. The largest absolute Gasteiger partial charge is 0.353 e. The van der Waals surface area contributed by atoms with E-state index < -0.39 is 0 Å². The van der Waals surface area contributed by atoms with Gasteiger partial charge in [-0.15, -0.1) is 10.2 Å². The van der Waals surface area contributed by atoms with Crippen molar-refractivity contribution in [2.24, 2.45) is 0 Å². The number of rotatable bonds is 5. The second-order valence-electron chi connectivity index (χ2n) is 8.67. The minimum absolute atomic E-state index is 0.616. The molecule has 0 bridgehead atoms. The highest BCUT2D eigenvalue weighted by Gasteiger charge is 2.20. The molecule has 0 N–H and O–H groups in total. The van der Waals surface area contributed by atoms with Gasteiger partial charge in [-0.05, 0) is 38.6 Å². The Hall–Kier alpha value is -2.02. The van der Waals surface area contributed by atoms with E-state index in [-0.39, 0.29) is 0 Å². The van der Waals surface area contributed by atoms with Crippen LogP contribution in [0.25, 0.3) is 11.3 Å². The Balaban J connectivity index is 1.34. The number of aromatic nitrogens is 2. The Bertz CT molecular complexity index is 757. The maximum absolute atomic E-state index is 4.52. The van der Waals surface area contributed by atoms with E-state index in [0.717, 1.165) is 76.0 Å². The molecule has 6 heteroatoms. The van der Waals surface area contributed by atoms with Crippen LogP contribution in [0.5, 0.6) is 0 Å². The summed E-state index contributed by atoms with van der Waals surface area (Å²) in [5, 5.41) is 9.03. The highest BCUT2D eigenvalue weighted by atomic mass is 15.3. The second-order valence-corrected chi connectivity index (χ2v) is 8.67. The van der Waals surface area contributed by atoms with Gasteiger partial charge in [-0.2, -0.15) is 0 Å². The minimum atomic E-state index is 0.616. The quantitative estimate of drug-likeness (QED) is 0.776. The van der Waals surface area contributed by atoms with Crippen molar-refractivity contribution in [3.05, 3.63) is 42.0 Å². The SMILES string of the molecule is CC(C)N1CCN(c2ccc(-c3ccc(CN4CCN(C)CC4)cc3)nn2)CC1. The number of piperazine rings is 2. The van der Waals surface area contributed by atoms with Gasteiger partial charge in [0, 0.05) is 70.5 Å². The molecule has 0 unspecified atom stereocenters. The lowest BCUT2D eigenvalue weighted by molar-refractivity contribution is 0.148. The van der Waals surface area contributed by atoms with Crippen molar-refractivity contribution in [2.75, 3.05) is 64.3 Å². The zero-order chi connectivity index (χ0) is 20.2. The standard InChI is InChI=1S/C23H34N6/c1-19(2)28-14-16-29(17-15-28)23-9-8-22(24-25-23)21-6-4-20(5-7-21)18-27-12-10-26(3)11-13-27/h4-9,19H,10-18H2,1-3H3. The van der Waals surface area contributed by atoms with Gasteiger partial charge in [0.1, 0.15) is 0 Å². The maximum Gasteiger partial charge on any atom is 0.151 e. The molecule has 1 aromatic carbocycles. The van der Waals surface area contributed by atoms with Crippen LogP contribution in [-0.2, 0) is 6.54 Å². The molecule has 2 aromatic rings. The summed E-state index contributed by atoms with van der Waals surface area (Å²) in [5.74, 6) is 0.990. The molecule has 0 amide bonds. The predicted molar refractivity (Wildman–Crippen MR) is 119 cm³/mol. The molecule has 29 heavy (non-hydrogen) atoms. The van der Waals surface area contributed by atoms with Crippen molar-refractivity contribution in [3.63, 3.8) is 0 Å². The van der Waals surface area contributed by atoms with Crippen LogP contribution in [0.15, 0.2) is 36.4 Å². The number of hydrogen-bond acceptors (Lipinski definition) is 6. The van der Waals surface area contributed by atoms with Gasteiger partial charge in [-0.25, -0.2) is 0 Å². The average molecular weight is 395 g/mol. The molecule has 0 spiro atoms. The van der Waals surface area contributed by atoms with E-state index in [4.69, 9.17) is 0 Å². The Morgan fingerprint density at radius 1 is 0.793 bits per heavy atom. The highest BCUT2D eigenvalue weighted by molar-refractivity contribution is 5.60. The molecule has 156 valence electrons. The summed E-state index contributed by atoms with van der Waals surface area (Å²) in [6.45, 7) is 14.4. The molecular weight excluding hydrogens is 360 g/mol. The zero-order valence-electron chi connectivity index (χ0n) is 18.1. The Morgan fingerprint density at radius 2 is 1.48 bits per heavy atom. The number of likely N-dealkylation sites (N-methyl/N-ethyl adjacent to an activating group) is 1. The third-order valence-corrected chi connectivity index (χ3v) is 6.27. The van der Waals surface area contributed by atoms with Crippen molar-refractivity contribution < 1.29 is 0 Å². The summed E-state index contributed by atoms with van der Waals surface area (Å²) >= 11 is 0. The molecular formula is C23H34N6. The van der Waals surface area contributed by atoms with Crippen molar-refractivity contribution >= 4 is 5.82 Å². The van der Waals surface area contributed by atoms with Gasteiger partial charge in [0.25, 0.3) is 0 Å². The molecule has 1 aromatic heterocycles. The molecule has 0 saturated carbocycles. The third-order valence-electron chi connectivity index (χ3n) is 6.27. The van der Waals surface area contributed by atoms with E-state index in [1.165, 1.54) is 5.56 Å². The fourth-order valence-corrected chi connectivity index (χ4v) is 4.16. The average Bonchev–Trinajstić information content (AvgIpc) is 2.76. The molecule has 3 heterocycles. The Labute approximate surface area is 175 Å². The summed E-state index contributed by atoms with van der Waals surface area (Å²) in [6, 6.07) is 13.7. The van der Waals surface area contributed by atoms with Gasteiger partial charge in [-0.1, -0.05) is 24.3 Å². The predicted octanol–water partition coefficient (Wildman–Crippen LogP) is 2.42. The van der Waals surface area contributed by atoms with Crippen LogP contribution in [0.4, 0.5) is 5.82 Å². The topological polar surface area (TPSA) is 38.7 Å². The van der Waals surface area contributed by atoms with Crippen LogP contribution in [0.3, 0.4) is 0 Å². The van der Waals surface area contributed by atoms with Gasteiger partial charge in [0.05, 0.1) is 5.69 Å². The van der Waals surface area contributed by atoms with Crippen LogP contribution >= 0.6 is 0 Å². The number of benzene rings is 1. The van der Waals surface area contributed by atoms with Crippen molar-refractivity contribution in [2.45, 2.75) is 26.4 Å². The van der Waals surface area contributed by atoms with Crippen LogP contribution in [0.2, 0.25) is 0 Å². The molecule has 0 aliphatic carbocycles. The summed E-state index contributed by atoms with van der Waals surface area (Å²) in [5.41, 5.74) is 3.45. The smallest absolute Gasteiger partial charge is 0.151 e. The first-order valence-corrected chi connectivity index (χ1v) is 10.9. The fraction of sp³-hybridized carbons (Fsp3) is 0.565. The van der Waals surface area contributed by atoms with E-state index in [1.807, 2.05) is 0 Å². The van der Waals surface area contributed by atoms with E-state index in [2.05, 4.69) is 87.1 Å². The normalized spacial score (nSPS) is 19.8. The summed E-state index contributed by atoms with van der Waals surface area (Å²) < 4.78 is 0. The molecule has 2 aliphatic heterocycles. The monoisotopic (exact) mass is 394 g/mol. The number of nitrogens with zero attached hydrogens (tertiary/aromatic N) is 6. The number of hydrogen-bond donors (Lipinski definition) is 0. The van der Waals surface area contributed by atoms with Crippen molar-refractivity contribution in [1.29, 1.82) is 0 Å². The van der Waals surface area contributed by atoms with Gasteiger partial charge in [0.2, 0.25) is 0 Å². The molecule has 0 radical (unpaired) electrons. The van der Waals surface area contributed by atoms with E-state index >= 15 is 0 Å². The molecule has 0 atom stereocenters. The summed E-state index contributed by atoms with van der Waals surface area (Å²) in [4.78, 5) is 9.78. The van der Waals surface area contributed by atoms with E-state index in [9.17, 15) is 0 Å². The lowest BCUT2D eigenvalue weighted by atomic mass is 10.1. The summed E-state index contributed by atoms with van der Waals surface area (Å²) in [6.07, 6.45) is 0. The Morgan fingerprint density at radius 3 is 2.07 bits per heavy atom. The van der Waals surface area contributed by atoms with Gasteiger partial charge in [0.15, 0.2) is 5.82 Å². The maximum atomic E-state index is 4.52. The molecule has 2 fully saturated rings. The third kappa shape index (κ3) is 5.13. The number of anilines is 1. The first kappa shape index (κ1) is 20.3. The lowest BCUT2D eigenvalue weighted by Crippen LogP contribution is -2.49. The van der Waals surface area contributed by atoms with Gasteiger partial charge >= 0.3 is 0 Å². The molecule has 2 aliphatic rings. The Kier molecular flexibility index (Phi) is 6.43.